The van der Waals surface area contributed by atoms with Crippen molar-refractivity contribution in [3.63, 3.8) is 0 Å². The predicted molar refractivity (Wildman–Crippen MR) is 82.8 cm³/mol. The van der Waals surface area contributed by atoms with Gasteiger partial charge in [-0.2, -0.15) is 11.8 Å². The number of rotatable bonds is 9. The maximum absolute atomic E-state index is 10.5. The van der Waals surface area contributed by atoms with Crippen LogP contribution in [-0.4, -0.2) is 36.3 Å². The molecule has 0 bridgehead atoms. The average Bonchev–Trinajstić information content (AvgIpc) is 2.43. The van der Waals surface area contributed by atoms with E-state index in [1.54, 1.807) is 17.8 Å². The summed E-state index contributed by atoms with van der Waals surface area (Å²) in [5, 5.41) is 8.62. The van der Waals surface area contributed by atoms with Gasteiger partial charge in [0.2, 0.25) is 0 Å². The van der Waals surface area contributed by atoms with Crippen molar-refractivity contribution in [3.8, 4) is 11.5 Å². The molecule has 0 saturated heterocycles. The van der Waals surface area contributed by atoms with E-state index >= 15 is 0 Å². The smallest absolute Gasteiger partial charge is 0.328 e. The minimum absolute atomic E-state index is 0.535. The summed E-state index contributed by atoms with van der Waals surface area (Å²) in [6, 6.07) is 5.41. The first-order valence-corrected chi connectivity index (χ1v) is 7.86. The molecule has 0 aromatic heterocycles. The van der Waals surface area contributed by atoms with Crippen LogP contribution >= 0.6 is 11.8 Å². The van der Waals surface area contributed by atoms with Crippen LogP contribution in [0, 0.1) is 0 Å². The second-order valence-corrected chi connectivity index (χ2v) is 4.99. The Balaban J connectivity index is 2.76. The Morgan fingerprint density at radius 1 is 1.35 bits per heavy atom. The predicted octanol–water partition coefficient (Wildman–Crippen LogP) is 3.32. The van der Waals surface area contributed by atoms with Crippen molar-refractivity contribution < 1.29 is 19.4 Å². The second kappa shape index (κ2) is 9.31. The van der Waals surface area contributed by atoms with Crippen LogP contribution in [0.25, 0.3) is 6.08 Å². The molecule has 1 aromatic rings. The van der Waals surface area contributed by atoms with Crippen LogP contribution in [0.2, 0.25) is 0 Å². The lowest BCUT2D eigenvalue weighted by Gasteiger charge is -2.12. The lowest BCUT2D eigenvalue weighted by atomic mass is 10.2. The minimum Gasteiger partial charge on any atom is -0.490 e. The van der Waals surface area contributed by atoms with Gasteiger partial charge in [0.1, 0.15) is 0 Å². The number of carboxylic acid groups (broad SMARTS) is 1. The van der Waals surface area contributed by atoms with Crippen LogP contribution in [0.4, 0.5) is 0 Å². The van der Waals surface area contributed by atoms with Crippen molar-refractivity contribution in [2.45, 2.75) is 13.3 Å². The first-order chi connectivity index (χ1) is 9.67. The van der Waals surface area contributed by atoms with E-state index in [0.29, 0.717) is 24.7 Å². The monoisotopic (exact) mass is 296 g/mol. The zero-order valence-corrected chi connectivity index (χ0v) is 12.6. The van der Waals surface area contributed by atoms with Crippen LogP contribution < -0.4 is 9.47 Å². The zero-order chi connectivity index (χ0) is 14.8. The topological polar surface area (TPSA) is 55.8 Å². The van der Waals surface area contributed by atoms with Crippen molar-refractivity contribution in [2.24, 2.45) is 0 Å². The molecule has 0 saturated carbocycles. The number of carboxylic acids is 1. The average molecular weight is 296 g/mol. The molecule has 0 aliphatic carbocycles. The third-order valence-corrected chi connectivity index (χ3v) is 3.13. The zero-order valence-electron chi connectivity index (χ0n) is 11.8. The van der Waals surface area contributed by atoms with E-state index in [1.165, 1.54) is 6.08 Å². The molecule has 0 amide bonds. The van der Waals surface area contributed by atoms with E-state index in [4.69, 9.17) is 14.6 Å². The van der Waals surface area contributed by atoms with Gasteiger partial charge in [0.05, 0.1) is 13.2 Å². The van der Waals surface area contributed by atoms with Gasteiger partial charge >= 0.3 is 5.97 Å². The van der Waals surface area contributed by atoms with Gasteiger partial charge in [-0.25, -0.2) is 4.79 Å². The van der Waals surface area contributed by atoms with E-state index in [2.05, 4.69) is 6.26 Å². The summed E-state index contributed by atoms with van der Waals surface area (Å²) in [5.74, 6) is 1.42. The van der Waals surface area contributed by atoms with Crippen LogP contribution in [0.1, 0.15) is 18.9 Å². The highest BCUT2D eigenvalue weighted by molar-refractivity contribution is 7.98. The van der Waals surface area contributed by atoms with Gasteiger partial charge in [-0.1, -0.05) is 6.07 Å². The number of aliphatic carboxylic acids is 1. The number of ether oxygens (including phenoxy) is 2. The molecule has 0 atom stereocenters. The fourth-order valence-electron chi connectivity index (χ4n) is 1.57. The first kappa shape index (κ1) is 16.4. The molecule has 1 aromatic carbocycles. The van der Waals surface area contributed by atoms with Gasteiger partial charge in [0.15, 0.2) is 11.5 Å². The molecule has 0 unspecified atom stereocenters. The van der Waals surface area contributed by atoms with Crippen LogP contribution in [0.5, 0.6) is 11.5 Å². The van der Waals surface area contributed by atoms with Crippen molar-refractivity contribution in [1.29, 1.82) is 0 Å². The SMILES string of the molecule is CCOc1cc(/C=C/C(=O)O)ccc1OCCCSC. The van der Waals surface area contributed by atoms with E-state index in [-0.39, 0.29) is 0 Å². The molecule has 0 aliphatic rings. The molecule has 0 aliphatic heterocycles. The highest BCUT2D eigenvalue weighted by atomic mass is 32.2. The molecular formula is C15H20O4S. The molecule has 5 heteroatoms. The minimum atomic E-state index is -0.972. The van der Waals surface area contributed by atoms with E-state index in [0.717, 1.165) is 23.8 Å². The Bertz CT molecular complexity index is 457. The van der Waals surface area contributed by atoms with Gasteiger partial charge in [0.25, 0.3) is 0 Å². The highest BCUT2D eigenvalue weighted by Gasteiger charge is 2.05. The summed E-state index contributed by atoms with van der Waals surface area (Å²) in [6.07, 6.45) is 5.68. The maximum Gasteiger partial charge on any atom is 0.328 e. The second-order valence-electron chi connectivity index (χ2n) is 4.01. The number of benzene rings is 1. The molecule has 4 nitrogen and oxygen atoms in total. The van der Waals surface area contributed by atoms with Gasteiger partial charge in [-0.05, 0) is 49.1 Å². The summed E-state index contributed by atoms with van der Waals surface area (Å²) in [7, 11) is 0. The molecule has 0 heterocycles. The summed E-state index contributed by atoms with van der Waals surface area (Å²) in [5.41, 5.74) is 0.771. The van der Waals surface area contributed by atoms with E-state index < -0.39 is 5.97 Å². The van der Waals surface area contributed by atoms with Crippen molar-refractivity contribution in [3.05, 3.63) is 29.8 Å². The Morgan fingerprint density at radius 2 is 2.15 bits per heavy atom. The Morgan fingerprint density at radius 3 is 2.80 bits per heavy atom. The Kier molecular flexibility index (Phi) is 7.65. The van der Waals surface area contributed by atoms with E-state index in [1.807, 2.05) is 19.1 Å². The Hall–Kier alpha value is -1.62. The van der Waals surface area contributed by atoms with Crippen LogP contribution in [-0.2, 0) is 4.79 Å². The summed E-state index contributed by atoms with van der Waals surface area (Å²) in [4.78, 5) is 10.5. The number of hydrogen-bond donors (Lipinski definition) is 1. The van der Waals surface area contributed by atoms with Gasteiger partial charge in [0, 0.05) is 6.08 Å². The molecule has 0 fully saturated rings. The van der Waals surface area contributed by atoms with Gasteiger partial charge < -0.3 is 14.6 Å². The van der Waals surface area contributed by atoms with Crippen molar-refractivity contribution in [2.75, 3.05) is 25.2 Å². The van der Waals surface area contributed by atoms with Gasteiger partial charge in [-0.3, -0.25) is 0 Å². The quantitative estimate of drug-likeness (QED) is 0.559. The Labute approximate surface area is 123 Å². The number of thioether (sulfide) groups is 1. The normalized spacial score (nSPS) is 10.7. The molecular weight excluding hydrogens is 276 g/mol. The lowest BCUT2D eigenvalue weighted by Crippen LogP contribution is -2.02. The number of carbonyl (C=O) groups is 1. The third-order valence-electron chi connectivity index (χ3n) is 2.44. The fraction of sp³-hybridized carbons (Fsp3) is 0.400. The van der Waals surface area contributed by atoms with E-state index in [9.17, 15) is 4.79 Å². The molecule has 1 N–H and O–H groups in total. The van der Waals surface area contributed by atoms with Gasteiger partial charge in [-0.15, -0.1) is 0 Å². The lowest BCUT2D eigenvalue weighted by molar-refractivity contribution is -0.131. The maximum atomic E-state index is 10.5. The molecule has 20 heavy (non-hydrogen) atoms. The number of hydrogen-bond acceptors (Lipinski definition) is 4. The highest BCUT2D eigenvalue weighted by Crippen LogP contribution is 2.29. The van der Waals surface area contributed by atoms with Crippen LogP contribution in [0.15, 0.2) is 24.3 Å². The molecule has 1 rings (SSSR count). The first-order valence-electron chi connectivity index (χ1n) is 6.47. The summed E-state index contributed by atoms with van der Waals surface area (Å²) in [6.45, 7) is 3.08. The molecule has 110 valence electrons. The third kappa shape index (κ3) is 6.02. The van der Waals surface area contributed by atoms with Crippen LogP contribution in [0.3, 0.4) is 0 Å². The van der Waals surface area contributed by atoms with Crippen molar-refractivity contribution >= 4 is 23.8 Å². The largest absolute Gasteiger partial charge is 0.490 e. The standard InChI is InChI=1S/C15H20O4S/c1-3-18-14-11-12(6-8-15(16)17)5-7-13(14)19-9-4-10-20-2/h5-8,11H,3-4,9-10H2,1-2H3,(H,16,17)/b8-6+. The van der Waals surface area contributed by atoms with Crippen molar-refractivity contribution in [1.82, 2.24) is 0 Å². The molecule has 0 radical (unpaired) electrons. The molecule has 0 spiro atoms. The summed E-state index contributed by atoms with van der Waals surface area (Å²) >= 11 is 1.79. The summed E-state index contributed by atoms with van der Waals surface area (Å²) < 4.78 is 11.2. The fourth-order valence-corrected chi connectivity index (χ4v) is 1.98.